The standard InChI is InChI=1S/C28H28N6O/c1-32(2)20-13-9-18(10-14-20)26-24-25(31-28-29-17-30-34(26)28)22-7-5-6-8-23(22)35-27(24)19-11-15-21(16-12-19)33(3)4/h5-17,26-27H,1-4H3,(H,29,30,31)/t26-,27+/m0/s1. The number of aromatic nitrogens is 3. The van der Waals surface area contributed by atoms with E-state index in [-0.39, 0.29) is 12.1 Å². The summed E-state index contributed by atoms with van der Waals surface area (Å²) in [5.41, 5.74) is 7.72. The molecule has 176 valence electrons. The van der Waals surface area contributed by atoms with Crippen molar-refractivity contribution in [2.75, 3.05) is 43.3 Å². The quantitative estimate of drug-likeness (QED) is 0.460. The molecule has 0 radical (unpaired) electrons. The molecule has 0 amide bonds. The first-order valence-electron chi connectivity index (χ1n) is 11.7. The summed E-state index contributed by atoms with van der Waals surface area (Å²) in [5, 5.41) is 8.19. The van der Waals surface area contributed by atoms with Gasteiger partial charge in [0.15, 0.2) is 0 Å². The number of rotatable bonds is 4. The highest BCUT2D eigenvalue weighted by molar-refractivity contribution is 5.85. The second kappa shape index (κ2) is 8.20. The molecule has 3 heterocycles. The molecule has 0 spiro atoms. The highest BCUT2D eigenvalue weighted by Gasteiger charge is 2.40. The van der Waals surface area contributed by atoms with E-state index < -0.39 is 0 Å². The van der Waals surface area contributed by atoms with Crippen molar-refractivity contribution < 1.29 is 4.74 Å². The Morgan fingerprint density at radius 1 is 0.800 bits per heavy atom. The Kier molecular flexibility index (Phi) is 4.99. The lowest BCUT2D eigenvalue weighted by molar-refractivity contribution is 0.223. The molecule has 0 fully saturated rings. The fraction of sp³-hybridized carbons (Fsp3) is 0.214. The summed E-state index contributed by atoms with van der Waals surface area (Å²) >= 11 is 0. The zero-order valence-corrected chi connectivity index (χ0v) is 20.3. The zero-order valence-electron chi connectivity index (χ0n) is 20.3. The van der Waals surface area contributed by atoms with Crippen LogP contribution in [0.2, 0.25) is 0 Å². The highest BCUT2D eigenvalue weighted by Crippen LogP contribution is 2.50. The van der Waals surface area contributed by atoms with E-state index in [0.717, 1.165) is 51.0 Å². The number of hydrogen-bond donors (Lipinski definition) is 1. The second-order valence-corrected chi connectivity index (χ2v) is 9.35. The Bertz CT molecular complexity index is 1400. The van der Waals surface area contributed by atoms with Crippen molar-refractivity contribution in [1.82, 2.24) is 14.8 Å². The first-order chi connectivity index (χ1) is 17.0. The predicted molar refractivity (Wildman–Crippen MR) is 140 cm³/mol. The van der Waals surface area contributed by atoms with Crippen LogP contribution in [0, 0.1) is 0 Å². The molecule has 2 aliphatic rings. The van der Waals surface area contributed by atoms with E-state index in [9.17, 15) is 0 Å². The number of nitrogens with zero attached hydrogens (tertiary/aromatic N) is 5. The lowest BCUT2D eigenvalue weighted by Gasteiger charge is -2.39. The van der Waals surface area contributed by atoms with Crippen LogP contribution in [-0.2, 0) is 0 Å². The van der Waals surface area contributed by atoms with Gasteiger partial charge in [-0.3, -0.25) is 0 Å². The third-order valence-corrected chi connectivity index (χ3v) is 6.76. The van der Waals surface area contributed by atoms with Crippen molar-refractivity contribution in [2.24, 2.45) is 0 Å². The van der Waals surface area contributed by atoms with Gasteiger partial charge in [0.05, 0.1) is 5.70 Å². The molecule has 4 aromatic rings. The van der Waals surface area contributed by atoms with Crippen molar-refractivity contribution in [3.8, 4) is 5.75 Å². The van der Waals surface area contributed by atoms with Gasteiger partial charge in [0.1, 0.15) is 24.2 Å². The molecule has 1 N–H and O–H groups in total. The van der Waals surface area contributed by atoms with Crippen molar-refractivity contribution in [3.05, 3.63) is 101 Å². The van der Waals surface area contributed by atoms with Crippen LogP contribution >= 0.6 is 0 Å². The van der Waals surface area contributed by atoms with Crippen molar-refractivity contribution >= 4 is 23.0 Å². The van der Waals surface area contributed by atoms with Gasteiger partial charge in [-0.05, 0) is 47.5 Å². The molecule has 0 saturated heterocycles. The number of benzene rings is 3. The molecule has 7 nitrogen and oxygen atoms in total. The second-order valence-electron chi connectivity index (χ2n) is 9.35. The van der Waals surface area contributed by atoms with E-state index in [2.05, 4.69) is 93.9 Å². The number of ether oxygens (including phenoxy) is 1. The van der Waals surface area contributed by atoms with E-state index >= 15 is 0 Å². The first-order valence-corrected chi connectivity index (χ1v) is 11.7. The molecular weight excluding hydrogens is 436 g/mol. The van der Waals surface area contributed by atoms with Gasteiger partial charge in [-0.25, -0.2) is 4.68 Å². The number of fused-ring (bicyclic) bond motifs is 3. The van der Waals surface area contributed by atoms with Crippen LogP contribution in [-0.4, -0.2) is 43.0 Å². The van der Waals surface area contributed by atoms with Gasteiger partial charge in [-0.2, -0.15) is 10.1 Å². The first kappa shape index (κ1) is 21.3. The molecule has 0 saturated carbocycles. The summed E-state index contributed by atoms with van der Waals surface area (Å²) in [6.07, 6.45) is 1.33. The van der Waals surface area contributed by atoms with Gasteiger partial charge >= 0.3 is 0 Å². The Balaban J connectivity index is 1.55. The molecule has 0 bridgehead atoms. The van der Waals surface area contributed by atoms with Crippen LogP contribution < -0.4 is 19.9 Å². The minimum absolute atomic E-state index is 0.160. The zero-order chi connectivity index (χ0) is 24.1. The van der Waals surface area contributed by atoms with E-state index in [0.29, 0.717) is 0 Å². The Labute approximate surface area is 205 Å². The maximum Gasteiger partial charge on any atom is 0.226 e. The fourth-order valence-corrected chi connectivity index (χ4v) is 4.92. The average Bonchev–Trinajstić information content (AvgIpc) is 3.35. The summed E-state index contributed by atoms with van der Waals surface area (Å²) < 4.78 is 8.67. The van der Waals surface area contributed by atoms with Crippen molar-refractivity contribution in [3.63, 3.8) is 0 Å². The van der Waals surface area contributed by atoms with E-state index in [4.69, 9.17) is 4.74 Å². The normalized spacial score (nSPS) is 18.1. The van der Waals surface area contributed by atoms with Gasteiger partial charge in [0, 0.05) is 50.7 Å². The fourth-order valence-electron chi connectivity index (χ4n) is 4.92. The van der Waals surface area contributed by atoms with Gasteiger partial charge < -0.3 is 19.9 Å². The molecule has 7 heteroatoms. The lowest BCUT2D eigenvalue weighted by atomic mass is 9.84. The van der Waals surface area contributed by atoms with Gasteiger partial charge in [0.25, 0.3) is 0 Å². The number of para-hydroxylation sites is 1. The molecule has 2 atom stereocenters. The summed E-state index contributed by atoms with van der Waals surface area (Å²) in [6.45, 7) is 0. The Morgan fingerprint density at radius 3 is 2.09 bits per heavy atom. The predicted octanol–water partition coefficient (Wildman–Crippen LogP) is 4.97. The summed E-state index contributed by atoms with van der Waals surface area (Å²) in [7, 11) is 8.20. The summed E-state index contributed by atoms with van der Waals surface area (Å²) in [5.74, 6) is 1.58. The summed E-state index contributed by atoms with van der Waals surface area (Å²) in [4.78, 5) is 8.73. The van der Waals surface area contributed by atoms with Crippen LogP contribution in [0.3, 0.4) is 0 Å². The van der Waals surface area contributed by atoms with Crippen LogP contribution in [0.25, 0.3) is 5.70 Å². The maximum absolute atomic E-state index is 6.71. The van der Waals surface area contributed by atoms with Crippen molar-refractivity contribution in [1.29, 1.82) is 0 Å². The summed E-state index contributed by atoms with van der Waals surface area (Å²) in [6, 6.07) is 25.2. The monoisotopic (exact) mass is 464 g/mol. The van der Waals surface area contributed by atoms with E-state index in [1.807, 2.05) is 37.0 Å². The average molecular weight is 465 g/mol. The molecule has 2 aliphatic heterocycles. The Morgan fingerprint density at radius 2 is 1.43 bits per heavy atom. The highest BCUT2D eigenvalue weighted by atomic mass is 16.5. The van der Waals surface area contributed by atoms with Gasteiger partial charge in [-0.15, -0.1) is 0 Å². The third-order valence-electron chi connectivity index (χ3n) is 6.76. The van der Waals surface area contributed by atoms with Crippen LogP contribution in [0.5, 0.6) is 5.75 Å². The molecule has 3 aromatic carbocycles. The molecule has 0 aliphatic carbocycles. The van der Waals surface area contributed by atoms with Crippen LogP contribution in [0.15, 0.2) is 84.7 Å². The molecule has 35 heavy (non-hydrogen) atoms. The molecule has 0 unspecified atom stereocenters. The number of anilines is 3. The minimum atomic E-state index is -0.278. The van der Waals surface area contributed by atoms with Crippen molar-refractivity contribution in [2.45, 2.75) is 12.1 Å². The number of hydrogen-bond acceptors (Lipinski definition) is 6. The number of nitrogens with one attached hydrogen (secondary N) is 1. The van der Waals surface area contributed by atoms with Crippen LogP contribution in [0.4, 0.5) is 17.3 Å². The van der Waals surface area contributed by atoms with Gasteiger partial charge in [0.2, 0.25) is 5.95 Å². The third kappa shape index (κ3) is 3.51. The maximum atomic E-state index is 6.71. The largest absolute Gasteiger partial charge is 0.480 e. The SMILES string of the molecule is CN(C)c1ccc([C@H]2C3=C(Nc4ncnn42)c2ccccc2O[C@@H]3c2ccc(N(C)C)cc2)cc1. The minimum Gasteiger partial charge on any atom is -0.480 e. The van der Waals surface area contributed by atoms with E-state index in [1.54, 1.807) is 6.33 Å². The molecule has 1 aromatic heterocycles. The molecular formula is C28H28N6O. The van der Waals surface area contributed by atoms with E-state index in [1.165, 1.54) is 0 Å². The Hall–Kier alpha value is -4.26. The van der Waals surface area contributed by atoms with Crippen LogP contribution in [0.1, 0.15) is 28.8 Å². The topological polar surface area (TPSA) is 58.4 Å². The smallest absolute Gasteiger partial charge is 0.226 e. The lowest BCUT2D eigenvalue weighted by Crippen LogP contribution is -2.32. The molecule has 6 rings (SSSR count). The van der Waals surface area contributed by atoms with Gasteiger partial charge in [-0.1, -0.05) is 36.4 Å².